The summed E-state index contributed by atoms with van der Waals surface area (Å²) in [5, 5.41) is 13.3. The Kier molecular flexibility index (Phi) is 5.17. The Morgan fingerprint density at radius 1 is 1.44 bits per heavy atom. The van der Waals surface area contributed by atoms with Crippen molar-refractivity contribution in [3.63, 3.8) is 0 Å². The second kappa shape index (κ2) is 6.02. The van der Waals surface area contributed by atoms with Gasteiger partial charge < -0.3 is 15.3 Å². The summed E-state index contributed by atoms with van der Waals surface area (Å²) >= 11 is 0. The van der Waals surface area contributed by atoms with E-state index in [4.69, 9.17) is 0 Å². The third-order valence-electron chi connectivity index (χ3n) is 3.58. The smallest absolute Gasteiger partial charge is 0.242 e. The quantitative estimate of drug-likeness (QED) is 0.758. The molecule has 1 aliphatic rings. The molecule has 2 N–H and O–H groups in total. The molecule has 1 heterocycles. The van der Waals surface area contributed by atoms with Gasteiger partial charge in [-0.3, -0.25) is 4.79 Å². The number of rotatable bonds is 6. The Morgan fingerprint density at radius 2 is 2.11 bits per heavy atom. The fourth-order valence-corrected chi connectivity index (χ4v) is 2.83. The number of nitrogens with zero attached hydrogens (tertiary/aromatic N) is 1. The number of nitrogens with one attached hydrogen (secondary N) is 1. The van der Waals surface area contributed by atoms with Gasteiger partial charge in [0.25, 0.3) is 0 Å². The van der Waals surface area contributed by atoms with Crippen LogP contribution in [0.2, 0.25) is 0 Å². The minimum atomic E-state index is -0.836. The molecule has 1 unspecified atom stereocenters. The molecule has 0 saturated carbocycles. The molecule has 1 rings (SSSR count). The molecule has 0 radical (unpaired) electrons. The third kappa shape index (κ3) is 3.69. The van der Waals surface area contributed by atoms with Gasteiger partial charge in [-0.15, -0.1) is 0 Å². The van der Waals surface area contributed by atoms with Crippen LogP contribution in [0.1, 0.15) is 53.4 Å². The average molecular weight is 256 g/mol. The lowest BCUT2D eigenvalue weighted by atomic mass is 9.89. The van der Waals surface area contributed by atoms with E-state index in [0.717, 1.165) is 32.2 Å². The molecule has 0 aromatic heterocycles. The molecular weight excluding hydrogens is 228 g/mol. The molecule has 0 spiro atoms. The van der Waals surface area contributed by atoms with E-state index < -0.39 is 5.60 Å². The van der Waals surface area contributed by atoms with E-state index in [-0.39, 0.29) is 11.4 Å². The Morgan fingerprint density at radius 3 is 2.50 bits per heavy atom. The molecule has 0 bridgehead atoms. The SMILES string of the molecule is CCCC1(C(=O)N(CC)CC(C)(C)O)CCCN1. The highest BCUT2D eigenvalue weighted by molar-refractivity contribution is 5.86. The van der Waals surface area contributed by atoms with Gasteiger partial charge in [0.15, 0.2) is 0 Å². The summed E-state index contributed by atoms with van der Waals surface area (Å²) in [7, 11) is 0. The van der Waals surface area contributed by atoms with E-state index >= 15 is 0 Å². The largest absolute Gasteiger partial charge is 0.389 e. The predicted molar refractivity (Wildman–Crippen MR) is 73.4 cm³/mol. The maximum Gasteiger partial charge on any atom is 0.242 e. The zero-order valence-electron chi connectivity index (χ0n) is 12.3. The molecule has 1 atom stereocenters. The summed E-state index contributed by atoms with van der Waals surface area (Å²) in [5.41, 5.74) is -1.21. The maximum absolute atomic E-state index is 12.7. The molecule has 1 saturated heterocycles. The molecule has 1 aliphatic heterocycles. The Hall–Kier alpha value is -0.610. The van der Waals surface area contributed by atoms with E-state index in [1.807, 2.05) is 6.92 Å². The summed E-state index contributed by atoms with van der Waals surface area (Å²) in [6.07, 6.45) is 3.86. The summed E-state index contributed by atoms with van der Waals surface area (Å²) in [6.45, 7) is 9.55. The lowest BCUT2D eigenvalue weighted by molar-refractivity contribution is -0.141. The molecule has 4 nitrogen and oxygen atoms in total. The first-order valence-corrected chi connectivity index (χ1v) is 7.11. The highest BCUT2D eigenvalue weighted by Crippen LogP contribution is 2.27. The normalized spacial score (nSPS) is 24.3. The van der Waals surface area contributed by atoms with E-state index in [1.165, 1.54) is 0 Å². The van der Waals surface area contributed by atoms with Crippen LogP contribution in [0.3, 0.4) is 0 Å². The number of amides is 1. The van der Waals surface area contributed by atoms with E-state index in [2.05, 4.69) is 12.2 Å². The molecule has 1 amide bonds. The van der Waals surface area contributed by atoms with Gasteiger partial charge in [-0.25, -0.2) is 0 Å². The van der Waals surface area contributed by atoms with Gasteiger partial charge >= 0.3 is 0 Å². The van der Waals surface area contributed by atoms with Gasteiger partial charge in [-0.1, -0.05) is 13.3 Å². The second-order valence-electron chi connectivity index (χ2n) is 5.99. The van der Waals surface area contributed by atoms with Gasteiger partial charge in [-0.2, -0.15) is 0 Å². The van der Waals surface area contributed by atoms with Crippen LogP contribution in [-0.4, -0.2) is 46.7 Å². The van der Waals surface area contributed by atoms with E-state index in [9.17, 15) is 9.90 Å². The van der Waals surface area contributed by atoms with Gasteiger partial charge in [0, 0.05) is 13.1 Å². The molecular formula is C14H28N2O2. The summed E-state index contributed by atoms with van der Waals surface area (Å²) in [5.74, 6) is 0.159. The molecule has 0 aromatic carbocycles. The first-order valence-electron chi connectivity index (χ1n) is 7.11. The van der Waals surface area contributed by atoms with Crippen molar-refractivity contribution in [3.8, 4) is 0 Å². The van der Waals surface area contributed by atoms with Gasteiger partial charge in [0.2, 0.25) is 5.91 Å². The Labute approximate surface area is 111 Å². The number of likely N-dealkylation sites (N-methyl/N-ethyl adjacent to an activating group) is 1. The number of carbonyl (C=O) groups is 1. The zero-order valence-corrected chi connectivity index (χ0v) is 12.3. The lowest BCUT2D eigenvalue weighted by Gasteiger charge is -2.36. The van der Waals surface area contributed by atoms with Gasteiger partial charge in [0.05, 0.1) is 11.1 Å². The summed E-state index contributed by atoms with van der Waals surface area (Å²) < 4.78 is 0. The minimum Gasteiger partial charge on any atom is -0.389 e. The fraction of sp³-hybridized carbons (Fsp3) is 0.929. The van der Waals surface area contributed by atoms with E-state index in [1.54, 1.807) is 18.7 Å². The first-order chi connectivity index (χ1) is 8.34. The molecule has 1 fully saturated rings. The minimum absolute atomic E-state index is 0.159. The number of hydrogen-bond donors (Lipinski definition) is 2. The van der Waals surface area contributed by atoms with Crippen LogP contribution in [0.5, 0.6) is 0 Å². The first kappa shape index (κ1) is 15.4. The number of hydrogen-bond acceptors (Lipinski definition) is 3. The maximum atomic E-state index is 12.7. The molecule has 0 aliphatic carbocycles. The second-order valence-corrected chi connectivity index (χ2v) is 5.99. The monoisotopic (exact) mass is 256 g/mol. The van der Waals surface area contributed by atoms with Gasteiger partial charge in [-0.05, 0) is 46.6 Å². The summed E-state index contributed by atoms with van der Waals surface area (Å²) in [6, 6.07) is 0. The van der Waals surface area contributed by atoms with Crippen LogP contribution < -0.4 is 5.32 Å². The van der Waals surface area contributed by atoms with Crippen molar-refractivity contribution in [2.75, 3.05) is 19.6 Å². The average Bonchev–Trinajstić information content (AvgIpc) is 2.74. The standard InChI is InChI=1S/C14H28N2O2/c1-5-8-14(9-7-10-15-14)12(17)16(6-2)11-13(3,4)18/h15,18H,5-11H2,1-4H3. The fourth-order valence-electron chi connectivity index (χ4n) is 2.83. The van der Waals surface area contributed by atoms with Crippen LogP contribution in [0.4, 0.5) is 0 Å². The summed E-state index contributed by atoms with van der Waals surface area (Å²) in [4.78, 5) is 14.5. The Balaban J connectivity index is 2.80. The van der Waals surface area contributed by atoms with Crippen molar-refractivity contribution in [1.29, 1.82) is 0 Å². The predicted octanol–water partition coefficient (Wildman–Crippen LogP) is 1.53. The van der Waals surface area contributed by atoms with Crippen LogP contribution in [0.15, 0.2) is 0 Å². The molecule has 0 aromatic rings. The topological polar surface area (TPSA) is 52.6 Å². The van der Waals surface area contributed by atoms with Crippen LogP contribution in [-0.2, 0) is 4.79 Å². The molecule has 4 heteroatoms. The van der Waals surface area contributed by atoms with Gasteiger partial charge in [0.1, 0.15) is 0 Å². The van der Waals surface area contributed by atoms with Crippen molar-refractivity contribution in [2.24, 2.45) is 0 Å². The van der Waals surface area contributed by atoms with Crippen molar-refractivity contribution in [2.45, 2.75) is 64.5 Å². The molecule has 106 valence electrons. The van der Waals surface area contributed by atoms with Crippen LogP contribution in [0, 0.1) is 0 Å². The number of aliphatic hydroxyl groups is 1. The van der Waals surface area contributed by atoms with Crippen molar-refractivity contribution in [3.05, 3.63) is 0 Å². The van der Waals surface area contributed by atoms with Crippen molar-refractivity contribution in [1.82, 2.24) is 10.2 Å². The number of carbonyl (C=O) groups excluding carboxylic acids is 1. The van der Waals surface area contributed by atoms with Crippen molar-refractivity contribution >= 4 is 5.91 Å². The van der Waals surface area contributed by atoms with Crippen molar-refractivity contribution < 1.29 is 9.90 Å². The lowest BCUT2D eigenvalue weighted by Crippen LogP contribution is -2.57. The highest BCUT2D eigenvalue weighted by Gasteiger charge is 2.42. The Bertz CT molecular complexity index is 278. The zero-order chi connectivity index (χ0) is 13.8. The van der Waals surface area contributed by atoms with Crippen LogP contribution >= 0.6 is 0 Å². The third-order valence-corrected chi connectivity index (χ3v) is 3.58. The van der Waals surface area contributed by atoms with Crippen LogP contribution in [0.25, 0.3) is 0 Å². The highest BCUT2D eigenvalue weighted by atomic mass is 16.3. The van der Waals surface area contributed by atoms with E-state index in [0.29, 0.717) is 13.1 Å². The molecule has 18 heavy (non-hydrogen) atoms.